The zero-order valence-corrected chi connectivity index (χ0v) is 9.15. The van der Waals surface area contributed by atoms with Crippen molar-refractivity contribution in [2.24, 2.45) is 0 Å². The highest BCUT2D eigenvalue weighted by Crippen LogP contribution is 2.01. The topological polar surface area (TPSA) is 3.24 Å². The summed E-state index contributed by atoms with van der Waals surface area (Å²) in [6.45, 7) is 10.4. The Balaban J connectivity index is 2.39. The minimum Gasteiger partial charge on any atom is -0.296 e. The normalized spacial score (nSPS) is 10.2. The van der Waals surface area contributed by atoms with Crippen molar-refractivity contribution < 1.29 is 0 Å². The lowest BCUT2D eigenvalue weighted by molar-refractivity contribution is 0.340. The van der Waals surface area contributed by atoms with E-state index >= 15 is 0 Å². The third-order valence-electron chi connectivity index (χ3n) is 2.28. The highest BCUT2D eigenvalue weighted by Gasteiger charge is 2.00. The van der Waals surface area contributed by atoms with Crippen LogP contribution in [0.1, 0.15) is 5.56 Å². The van der Waals surface area contributed by atoms with Crippen molar-refractivity contribution in [1.29, 1.82) is 0 Å². The second kappa shape index (κ2) is 7.02. The summed E-state index contributed by atoms with van der Waals surface area (Å²) in [5.74, 6) is 0. The van der Waals surface area contributed by atoms with Crippen LogP contribution in [0.3, 0.4) is 0 Å². The fraction of sp³-hybridized carbons (Fsp3) is 0.286. The molecule has 15 heavy (non-hydrogen) atoms. The molecule has 1 aromatic rings. The average molecular weight is 200 g/mol. The monoisotopic (exact) mass is 200 g/mol. The Hall–Kier alpha value is -1.34. The minimum absolute atomic E-state index is 0.922. The van der Waals surface area contributed by atoms with Gasteiger partial charge in [0.15, 0.2) is 0 Å². The first-order chi connectivity index (χ1) is 7.36. The summed E-state index contributed by atoms with van der Waals surface area (Å²) >= 11 is 0. The van der Waals surface area contributed by atoms with Gasteiger partial charge in [-0.25, -0.2) is 0 Å². The van der Waals surface area contributed by atoms with Crippen molar-refractivity contribution in [2.45, 2.75) is 6.42 Å². The molecule has 0 fully saturated rings. The second-order valence-corrected chi connectivity index (χ2v) is 3.50. The Morgan fingerprint density at radius 1 is 1.13 bits per heavy atom. The fourth-order valence-electron chi connectivity index (χ4n) is 1.50. The van der Waals surface area contributed by atoms with E-state index in [0.29, 0.717) is 0 Å². The van der Waals surface area contributed by atoms with Crippen LogP contribution in [-0.4, -0.2) is 24.5 Å². The Morgan fingerprint density at radius 2 is 1.73 bits per heavy atom. The van der Waals surface area contributed by atoms with Crippen LogP contribution in [0.4, 0.5) is 0 Å². The molecule has 1 heteroatoms. The first kappa shape index (κ1) is 11.7. The van der Waals surface area contributed by atoms with Crippen molar-refractivity contribution in [3.05, 3.63) is 61.2 Å². The van der Waals surface area contributed by atoms with E-state index in [1.54, 1.807) is 0 Å². The van der Waals surface area contributed by atoms with Gasteiger partial charge in [-0.05, 0) is 18.1 Å². The lowest BCUT2D eigenvalue weighted by atomic mass is 10.1. The zero-order chi connectivity index (χ0) is 10.9. The van der Waals surface area contributed by atoms with Crippen molar-refractivity contribution in [2.75, 3.05) is 19.6 Å². The van der Waals surface area contributed by atoms with Crippen LogP contribution < -0.4 is 0 Å². The number of benzene rings is 1. The van der Waals surface area contributed by atoms with E-state index in [1.807, 2.05) is 24.3 Å². The SMILES string of the molecule is C=CCN(CC=C)CCc1cc[c]cc1. The first-order valence-corrected chi connectivity index (χ1v) is 5.26. The zero-order valence-electron chi connectivity index (χ0n) is 9.15. The van der Waals surface area contributed by atoms with Gasteiger partial charge in [-0.2, -0.15) is 0 Å². The molecule has 0 saturated heterocycles. The van der Waals surface area contributed by atoms with Crippen LogP contribution in [-0.2, 0) is 6.42 Å². The molecule has 1 aromatic carbocycles. The Labute approximate surface area is 92.7 Å². The fourth-order valence-corrected chi connectivity index (χ4v) is 1.50. The van der Waals surface area contributed by atoms with Crippen molar-refractivity contribution in [3.63, 3.8) is 0 Å². The molecular formula is C14H18N. The first-order valence-electron chi connectivity index (χ1n) is 5.26. The summed E-state index contributed by atoms with van der Waals surface area (Å²) in [6.07, 6.45) is 4.93. The lowest BCUT2D eigenvalue weighted by Crippen LogP contribution is -2.26. The van der Waals surface area contributed by atoms with Gasteiger partial charge in [-0.3, -0.25) is 4.90 Å². The molecule has 0 N–H and O–H groups in total. The molecule has 79 valence electrons. The Kier molecular flexibility index (Phi) is 5.49. The largest absolute Gasteiger partial charge is 0.296 e. The van der Waals surface area contributed by atoms with Crippen molar-refractivity contribution in [1.82, 2.24) is 4.90 Å². The maximum atomic E-state index is 3.76. The number of rotatable bonds is 7. The molecule has 0 aliphatic rings. The van der Waals surface area contributed by atoms with E-state index < -0.39 is 0 Å². The van der Waals surface area contributed by atoms with Crippen LogP contribution in [0.2, 0.25) is 0 Å². The smallest absolute Gasteiger partial charge is 0.0164 e. The molecule has 1 nitrogen and oxygen atoms in total. The van der Waals surface area contributed by atoms with Gasteiger partial charge in [0.05, 0.1) is 0 Å². The van der Waals surface area contributed by atoms with Crippen LogP contribution in [0, 0.1) is 6.07 Å². The van der Waals surface area contributed by atoms with Gasteiger partial charge in [0.1, 0.15) is 0 Å². The molecule has 0 amide bonds. The van der Waals surface area contributed by atoms with E-state index in [2.05, 4.69) is 36.3 Å². The van der Waals surface area contributed by atoms with E-state index in [0.717, 1.165) is 26.1 Å². The van der Waals surface area contributed by atoms with Gasteiger partial charge in [0.2, 0.25) is 0 Å². The third kappa shape index (κ3) is 4.61. The van der Waals surface area contributed by atoms with Gasteiger partial charge in [-0.1, -0.05) is 36.4 Å². The summed E-state index contributed by atoms with van der Waals surface area (Å²) in [7, 11) is 0. The van der Waals surface area contributed by atoms with Crippen LogP contribution in [0.5, 0.6) is 0 Å². The number of nitrogens with zero attached hydrogens (tertiary/aromatic N) is 1. The van der Waals surface area contributed by atoms with Gasteiger partial charge >= 0.3 is 0 Å². The van der Waals surface area contributed by atoms with Crippen molar-refractivity contribution >= 4 is 0 Å². The second-order valence-electron chi connectivity index (χ2n) is 3.50. The molecule has 0 spiro atoms. The van der Waals surface area contributed by atoms with Gasteiger partial charge < -0.3 is 0 Å². The van der Waals surface area contributed by atoms with E-state index in [9.17, 15) is 0 Å². The van der Waals surface area contributed by atoms with Gasteiger partial charge in [-0.15, -0.1) is 13.2 Å². The van der Waals surface area contributed by atoms with Gasteiger partial charge in [0.25, 0.3) is 0 Å². The van der Waals surface area contributed by atoms with Crippen LogP contribution in [0.15, 0.2) is 49.6 Å². The molecule has 1 rings (SSSR count). The highest BCUT2D eigenvalue weighted by atomic mass is 15.1. The third-order valence-corrected chi connectivity index (χ3v) is 2.28. The molecule has 0 bridgehead atoms. The molecule has 0 unspecified atom stereocenters. The van der Waals surface area contributed by atoms with E-state index in [4.69, 9.17) is 0 Å². The van der Waals surface area contributed by atoms with Gasteiger partial charge in [0, 0.05) is 19.6 Å². The number of hydrogen-bond donors (Lipinski definition) is 0. The molecule has 0 aromatic heterocycles. The minimum atomic E-state index is 0.922. The molecule has 0 atom stereocenters. The van der Waals surface area contributed by atoms with E-state index in [1.165, 1.54) is 5.56 Å². The molecule has 0 heterocycles. The molecular weight excluding hydrogens is 182 g/mol. The average Bonchev–Trinajstić information content (AvgIpc) is 2.28. The maximum absolute atomic E-state index is 3.76. The van der Waals surface area contributed by atoms with Crippen LogP contribution >= 0.6 is 0 Å². The van der Waals surface area contributed by atoms with E-state index in [-0.39, 0.29) is 0 Å². The summed E-state index contributed by atoms with van der Waals surface area (Å²) in [4.78, 5) is 2.32. The molecule has 0 aliphatic heterocycles. The quantitative estimate of drug-likeness (QED) is 0.612. The number of hydrogen-bond acceptors (Lipinski definition) is 1. The molecule has 0 aliphatic carbocycles. The summed E-state index contributed by atoms with van der Waals surface area (Å²) in [5.41, 5.74) is 1.35. The Morgan fingerprint density at radius 3 is 2.27 bits per heavy atom. The predicted octanol–water partition coefficient (Wildman–Crippen LogP) is 2.70. The Bertz CT molecular complexity index is 279. The summed E-state index contributed by atoms with van der Waals surface area (Å²) in [5, 5.41) is 0. The lowest BCUT2D eigenvalue weighted by Gasteiger charge is -2.18. The molecule has 1 radical (unpaired) electrons. The summed E-state index contributed by atoms with van der Waals surface area (Å²) < 4.78 is 0. The maximum Gasteiger partial charge on any atom is 0.0164 e. The summed E-state index contributed by atoms with van der Waals surface area (Å²) in [6, 6.07) is 11.2. The molecule has 0 saturated carbocycles. The standard InChI is InChI=1S/C14H18N/c1-3-11-15(12-4-2)13-10-14-8-6-5-7-9-14/h3-4,6-9H,1-2,10-13H2. The highest BCUT2D eigenvalue weighted by molar-refractivity contribution is 5.14. The van der Waals surface area contributed by atoms with Crippen molar-refractivity contribution in [3.8, 4) is 0 Å². The van der Waals surface area contributed by atoms with Crippen LogP contribution in [0.25, 0.3) is 0 Å². The predicted molar refractivity (Wildman–Crippen MR) is 65.8 cm³/mol.